The number of nitrogens with one attached hydrogen (secondary N) is 1. The molecule has 0 aliphatic carbocycles. The van der Waals surface area contributed by atoms with Crippen LogP contribution in [0.3, 0.4) is 0 Å². The molecule has 1 N–H and O–H groups in total. The lowest BCUT2D eigenvalue weighted by molar-refractivity contribution is 0.0408. The van der Waals surface area contributed by atoms with Gasteiger partial charge in [-0.05, 0) is 24.3 Å². The van der Waals surface area contributed by atoms with E-state index in [4.69, 9.17) is 4.74 Å². The van der Waals surface area contributed by atoms with Crippen LogP contribution in [0.5, 0.6) is 0 Å². The lowest BCUT2D eigenvalue weighted by Crippen LogP contribution is -2.48. The number of hydrogen-bond acceptors (Lipinski definition) is 3. The Morgan fingerprint density at radius 1 is 1.16 bits per heavy atom. The molecule has 0 bridgehead atoms. The zero-order valence-electron chi connectivity index (χ0n) is 11.6. The van der Waals surface area contributed by atoms with Crippen molar-refractivity contribution < 1.29 is 4.74 Å². The minimum atomic E-state index is 0.540. The summed E-state index contributed by atoms with van der Waals surface area (Å²) < 4.78 is 5.47. The van der Waals surface area contributed by atoms with Gasteiger partial charge in [0, 0.05) is 45.4 Å². The van der Waals surface area contributed by atoms with Crippen LogP contribution in [-0.2, 0) is 4.74 Å². The maximum atomic E-state index is 5.47. The highest BCUT2D eigenvalue weighted by molar-refractivity contribution is 5.20. The third-order valence-electron chi connectivity index (χ3n) is 4.37. The molecule has 3 rings (SSSR count). The summed E-state index contributed by atoms with van der Waals surface area (Å²) in [6, 6.07) is 11.5. The predicted octanol–water partition coefficient (Wildman–Crippen LogP) is 2.06. The van der Waals surface area contributed by atoms with Crippen molar-refractivity contribution in [2.75, 3.05) is 39.4 Å². The molecule has 104 valence electrons. The summed E-state index contributed by atoms with van der Waals surface area (Å²) in [7, 11) is 0. The van der Waals surface area contributed by atoms with Gasteiger partial charge in [-0.25, -0.2) is 0 Å². The minimum Gasteiger partial charge on any atom is -0.381 e. The highest BCUT2D eigenvalue weighted by Gasteiger charge is 2.26. The molecule has 19 heavy (non-hydrogen) atoms. The van der Waals surface area contributed by atoms with Crippen LogP contribution < -0.4 is 5.32 Å². The third kappa shape index (κ3) is 3.35. The molecule has 3 nitrogen and oxygen atoms in total. The van der Waals surface area contributed by atoms with Crippen molar-refractivity contribution in [3.63, 3.8) is 0 Å². The molecule has 0 saturated carbocycles. The van der Waals surface area contributed by atoms with E-state index in [1.807, 2.05) is 0 Å². The largest absolute Gasteiger partial charge is 0.381 e. The summed E-state index contributed by atoms with van der Waals surface area (Å²) in [6.45, 7) is 6.49. The molecule has 2 fully saturated rings. The number of hydrogen-bond donors (Lipinski definition) is 1. The van der Waals surface area contributed by atoms with E-state index in [0.717, 1.165) is 38.8 Å². The maximum Gasteiger partial charge on any atom is 0.0473 e. The van der Waals surface area contributed by atoms with Crippen molar-refractivity contribution in [1.29, 1.82) is 0 Å². The molecule has 1 atom stereocenters. The van der Waals surface area contributed by atoms with Crippen molar-refractivity contribution in [3.8, 4) is 0 Å². The molecule has 2 aliphatic rings. The quantitative estimate of drug-likeness (QED) is 0.900. The van der Waals surface area contributed by atoms with Gasteiger partial charge in [0.15, 0.2) is 0 Å². The van der Waals surface area contributed by atoms with Crippen molar-refractivity contribution in [2.45, 2.75) is 18.9 Å². The van der Waals surface area contributed by atoms with Crippen molar-refractivity contribution in [1.82, 2.24) is 10.2 Å². The number of nitrogens with zero attached hydrogens (tertiary/aromatic N) is 1. The average molecular weight is 260 g/mol. The Morgan fingerprint density at radius 2 is 1.95 bits per heavy atom. The van der Waals surface area contributed by atoms with E-state index in [9.17, 15) is 0 Å². The van der Waals surface area contributed by atoms with Gasteiger partial charge in [-0.15, -0.1) is 0 Å². The van der Waals surface area contributed by atoms with Crippen LogP contribution in [0.4, 0.5) is 0 Å². The molecule has 2 heterocycles. The molecular weight excluding hydrogens is 236 g/mol. The normalized spacial score (nSPS) is 26.4. The van der Waals surface area contributed by atoms with Crippen LogP contribution in [0, 0.1) is 5.92 Å². The molecule has 1 aromatic rings. The summed E-state index contributed by atoms with van der Waals surface area (Å²) in [5, 5.41) is 3.53. The number of benzene rings is 1. The van der Waals surface area contributed by atoms with Crippen LogP contribution in [0.2, 0.25) is 0 Å². The molecule has 0 aromatic heterocycles. The van der Waals surface area contributed by atoms with Gasteiger partial charge < -0.3 is 10.1 Å². The predicted molar refractivity (Wildman–Crippen MR) is 77.2 cm³/mol. The molecular formula is C16H24N2O. The van der Waals surface area contributed by atoms with Gasteiger partial charge in [0.25, 0.3) is 0 Å². The second kappa shape index (κ2) is 6.51. The SMILES string of the molecule is c1ccc([C@H]2CNCCN2CC2CCOCC2)cc1. The molecule has 1 aromatic carbocycles. The summed E-state index contributed by atoms with van der Waals surface area (Å²) in [4.78, 5) is 2.67. The van der Waals surface area contributed by atoms with Crippen molar-refractivity contribution >= 4 is 0 Å². The topological polar surface area (TPSA) is 24.5 Å². The Morgan fingerprint density at radius 3 is 2.74 bits per heavy atom. The first-order chi connectivity index (χ1) is 9.43. The molecule has 2 saturated heterocycles. The highest BCUT2D eigenvalue weighted by Crippen LogP contribution is 2.25. The van der Waals surface area contributed by atoms with Crippen LogP contribution in [0.1, 0.15) is 24.4 Å². The van der Waals surface area contributed by atoms with E-state index >= 15 is 0 Å². The zero-order valence-corrected chi connectivity index (χ0v) is 11.6. The number of ether oxygens (including phenoxy) is 1. The Balaban J connectivity index is 1.66. The zero-order chi connectivity index (χ0) is 12.9. The lowest BCUT2D eigenvalue weighted by Gasteiger charge is -2.39. The monoisotopic (exact) mass is 260 g/mol. The fraction of sp³-hybridized carbons (Fsp3) is 0.625. The first-order valence-corrected chi connectivity index (χ1v) is 7.51. The summed E-state index contributed by atoms with van der Waals surface area (Å²) in [5.41, 5.74) is 1.45. The lowest BCUT2D eigenvalue weighted by atomic mass is 9.96. The van der Waals surface area contributed by atoms with Crippen LogP contribution in [0.25, 0.3) is 0 Å². The standard InChI is InChI=1S/C16H24N2O/c1-2-4-15(5-3-1)16-12-17-8-9-18(16)13-14-6-10-19-11-7-14/h1-5,14,16-17H,6-13H2/t16-/m1/s1. The Kier molecular flexibility index (Phi) is 4.49. The molecule has 2 aliphatic heterocycles. The first kappa shape index (κ1) is 13.1. The highest BCUT2D eigenvalue weighted by atomic mass is 16.5. The van der Waals surface area contributed by atoms with E-state index in [0.29, 0.717) is 6.04 Å². The van der Waals surface area contributed by atoms with Crippen molar-refractivity contribution in [3.05, 3.63) is 35.9 Å². The Bertz CT molecular complexity index is 376. The first-order valence-electron chi connectivity index (χ1n) is 7.51. The Labute approximate surface area is 115 Å². The van der Waals surface area contributed by atoms with Gasteiger partial charge in [-0.2, -0.15) is 0 Å². The van der Waals surface area contributed by atoms with E-state index < -0.39 is 0 Å². The molecule has 0 radical (unpaired) electrons. The van der Waals surface area contributed by atoms with Gasteiger partial charge in [-0.3, -0.25) is 4.90 Å². The van der Waals surface area contributed by atoms with Gasteiger partial charge in [0.05, 0.1) is 0 Å². The second-order valence-electron chi connectivity index (χ2n) is 5.68. The number of rotatable bonds is 3. The fourth-order valence-electron chi connectivity index (χ4n) is 3.23. The van der Waals surface area contributed by atoms with Crippen LogP contribution >= 0.6 is 0 Å². The van der Waals surface area contributed by atoms with Gasteiger partial charge in [-0.1, -0.05) is 30.3 Å². The van der Waals surface area contributed by atoms with Crippen molar-refractivity contribution in [2.24, 2.45) is 5.92 Å². The van der Waals surface area contributed by atoms with Gasteiger partial charge in [0.1, 0.15) is 0 Å². The van der Waals surface area contributed by atoms with Crippen LogP contribution in [0.15, 0.2) is 30.3 Å². The van der Waals surface area contributed by atoms with Gasteiger partial charge in [0.2, 0.25) is 0 Å². The van der Waals surface area contributed by atoms with E-state index in [1.165, 1.54) is 24.9 Å². The van der Waals surface area contributed by atoms with E-state index in [-0.39, 0.29) is 0 Å². The van der Waals surface area contributed by atoms with E-state index in [1.54, 1.807) is 0 Å². The molecule has 3 heteroatoms. The summed E-state index contributed by atoms with van der Waals surface area (Å²) in [5.74, 6) is 0.818. The smallest absolute Gasteiger partial charge is 0.0473 e. The summed E-state index contributed by atoms with van der Waals surface area (Å²) >= 11 is 0. The van der Waals surface area contributed by atoms with E-state index in [2.05, 4.69) is 40.5 Å². The fourth-order valence-corrected chi connectivity index (χ4v) is 3.23. The summed E-state index contributed by atoms with van der Waals surface area (Å²) in [6.07, 6.45) is 2.46. The maximum absolute atomic E-state index is 5.47. The Hall–Kier alpha value is -0.900. The third-order valence-corrected chi connectivity index (χ3v) is 4.37. The average Bonchev–Trinajstić information content (AvgIpc) is 2.50. The minimum absolute atomic E-state index is 0.540. The van der Waals surface area contributed by atoms with Crippen LogP contribution in [-0.4, -0.2) is 44.3 Å². The van der Waals surface area contributed by atoms with Gasteiger partial charge >= 0.3 is 0 Å². The number of piperazine rings is 1. The molecule has 0 unspecified atom stereocenters. The molecule has 0 amide bonds. The second-order valence-corrected chi connectivity index (χ2v) is 5.68. The molecule has 0 spiro atoms.